The number of amides is 1. The summed E-state index contributed by atoms with van der Waals surface area (Å²) in [5, 5.41) is 13.6. The maximum atomic E-state index is 13.1. The van der Waals surface area contributed by atoms with Crippen molar-refractivity contribution in [2.45, 2.75) is 12.5 Å². The molecular formula is C25H23N9O3. The van der Waals surface area contributed by atoms with Gasteiger partial charge in [-0.1, -0.05) is 6.07 Å². The van der Waals surface area contributed by atoms with E-state index in [0.29, 0.717) is 47.3 Å². The van der Waals surface area contributed by atoms with E-state index in [1.807, 2.05) is 17.9 Å². The highest BCUT2D eigenvalue weighted by atomic mass is 16.2. The molecule has 2 aliphatic rings. The van der Waals surface area contributed by atoms with Gasteiger partial charge in [0.05, 0.1) is 23.6 Å². The summed E-state index contributed by atoms with van der Waals surface area (Å²) in [4.78, 5) is 48.5. The Kier molecular flexibility index (Phi) is 6.25. The molecule has 0 radical (unpaired) electrons. The predicted molar refractivity (Wildman–Crippen MR) is 137 cm³/mol. The molecule has 0 aliphatic carbocycles. The Morgan fingerprint density at radius 2 is 2.05 bits per heavy atom. The normalized spacial score (nSPS) is 16.9. The van der Waals surface area contributed by atoms with Gasteiger partial charge in [-0.3, -0.25) is 9.69 Å². The van der Waals surface area contributed by atoms with Gasteiger partial charge in [-0.25, -0.2) is 24.1 Å². The molecule has 0 bridgehead atoms. The van der Waals surface area contributed by atoms with Crippen LogP contribution in [0.15, 0.2) is 72.1 Å². The monoisotopic (exact) mass is 497 g/mol. The van der Waals surface area contributed by atoms with Crippen LogP contribution in [0.4, 0.5) is 17.3 Å². The van der Waals surface area contributed by atoms with Crippen LogP contribution in [0.1, 0.15) is 16.9 Å². The van der Waals surface area contributed by atoms with E-state index >= 15 is 0 Å². The molecule has 0 aromatic carbocycles. The Morgan fingerprint density at radius 3 is 2.78 bits per heavy atom. The second-order valence-corrected chi connectivity index (χ2v) is 8.35. The molecule has 5 rings (SSSR count). The third-order valence-electron chi connectivity index (χ3n) is 6.12. The van der Waals surface area contributed by atoms with Gasteiger partial charge in [0, 0.05) is 39.1 Å². The number of imidazole rings is 1. The van der Waals surface area contributed by atoms with Gasteiger partial charge in [-0.05, 0) is 30.7 Å². The van der Waals surface area contributed by atoms with E-state index < -0.39 is 11.9 Å². The second kappa shape index (κ2) is 9.82. The molecule has 37 heavy (non-hydrogen) atoms. The Hall–Kier alpha value is -5.18. The van der Waals surface area contributed by atoms with Gasteiger partial charge in [-0.2, -0.15) is 0 Å². The zero-order chi connectivity index (χ0) is 25.9. The van der Waals surface area contributed by atoms with Gasteiger partial charge >= 0.3 is 0 Å². The summed E-state index contributed by atoms with van der Waals surface area (Å²) < 4.78 is 1.41. The molecule has 1 amide bonds. The van der Waals surface area contributed by atoms with Crippen molar-refractivity contribution in [3.63, 3.8) is 0 Å². The first-order chi connectivity index (χ1) is 18.0. The molecule has 3 aromatic rings. The average molecular weight is 498 g/mol. The Morgan fingerprint density at radius 1 is 1.19 bits per heavy atom. The van der Waals surface area contributed by atoms with Crippen molar-refractivity contribution in [1.29, 1.82) is 0 Å². The van der Waals surface area contributed by atoms with Crippen molar-refractivity contribution in [1.82, 2.24) is 29.8 Å². The zero-order valence-corrected chi connectivity index (χ0v) is 20.1. The van der Waals surface area contributed by atoms with Crippen molar-refractivity contribution in [2.24, 2.45) is 0 Å². The van der Waals surface area contributed by atoms with Crippen LogP contribution in [0.2, 0.25) is 0 Å². The number of likely N-dealkylation sites (tertiary alicyclic amines) is 1. The van der Waals surface area contributed by atoms with Gasteiger partial charge in [0.1, 0.15) is 17.5 Å². The summed E-state index contributed by atoms with van der Waals surface area (Å²) >= 11 is 0. The van der Waals surface area contributed by atoms with E-state index in [0.717, 1.165) is 0 Å². The Bertz CT molecular complexity index is 1530. The van der Waals surface area contributed by atoms with Crippen LogP contribution in [0.3, 0.4) is 0 Å². The molecule has 0 saturated carbocycles. The molecular weight excluding hydrogens is 474 g/mol. The largest absolute Gasteiger partial charge is 0.385 e. The number of nitrogens with zero attached hydrogens (tertiary/aromatic N) is 6. The molecule has 3 aromatic heterocycles. The van der Waals surface area contributed by atoms with Crippen molar-refractivity contribution in [3.8, 4) is 0 Å². The lowest BCUT2D eigenvalue weighted by atomic mass is 10.2. The standard InChI is InChI=1S/C25H23N9O3/c1-26-18-12-22(29-16-6-5-10-33(21(16)15-36)23-7-3-4-9-27-23)31-34-19(13-28-24(18)34)25(37)30-17-8-11-32(2)20(17)14-35/h3-7,9-10,12-13,17,26H,8,11H2,1-2H3,(H,29,31)(H,30,37)/t17-/m0/s1. The van der Waals surface area contributed by atoms with E-state index in [9.17, 15) is 14.4 Å². The third kappa shape index (κ3) is 4.34. The highest BCUT2D eigenvalue weighted by molar-refractivity contribution is 5.94. The summed E-state index contributed by atoms with van der Waals surface area (Å²) in [5.41, 5.74) is 2.29. The minimum absolute atomic E-state index is 0.189. The predicted octanol–water partition coefficient (Wildman–Crippen LogP) is 1.36. The molecule has 3 N–H and O–H groups in total. The highest BCUT2D eigenvalue weighted by Crippen LogP contribution is 2.27. The number of carbonyl (C=O) groups is 1. The lowest BCUT2D eigenvalue weighted by Crippen LogP contribution is -2.36. The minimum Gasteiger partial charge on any atom is -0.385 e. The van der Waals surface area contributed by atoms with Crippen LogP contribution in [0, 0.1) is 0 Å². The van der Waals surface area contributed by atoms with Crippen LogP contribution >= 0.6 is 0 Å². The zero-order valence-electron chi connectivity index (χ0n) is 20.1. The van der Waals surface area contributed by atoms with Crippen LogP contribution < -0.4 is 20.9 Å². The van der Waals surface area contributed by atoms with Gasteiger partial charge in [0.25, 0.3) is 5.91 Å². The van der Waals surface area contributed by atoms with Gasteiger partial charge in [0.2, 0.25) is 0 Å². The number of allylic oxidation sites excluding steroid dienone is 2. The number of hydrogen-bond acceptors (Lipinski definition) is 10. The summed E-state index contributed by atoms with van der Waals surface area (Å²) in [7, 11) is 3.51. The van der Waals surface area contributed by atoms with Gasteiger partial charge in [0.15, 0.2) is 28.8 Å². The molecule has 5 heterocycles. The fraction of sp³-hybridized carbons (Fsp3) is 0.200. The molecule has 0 unspecified atom stereocenters. The topological polar surface area (TPSA) is 137 Å². The van der Waals surface area contributed by atoms with E-state index in [1.165, 1.54) is 10.7 Å². The molecule has 1 fully saturated rings. The molecule has 0 spiro atoms. The molecule has 2 aliphatic heterocycles. The molecule has 12 nitrogen and oxygen atoms in total. The molecule has 12 heteroatoms. The minimum atomic E-state index is -0.442. The van der Waals surface area contributed by atoms with Gasteiger partial charge in [-0.15, -0.1) is 5.10 Å². The fourth-order valence-electron chi connectivity index (χ4n) is 4.27. The maximum Gasteiger partial charge on any atom is 0.272 e. The number of rotatable bonds is 6. The Labute approximate surface area is 211 Å². The van der Waals surface area contributed by atoms with E-state index in [4.69, 9.17) is 0 Å². The smallest absolute Gasteiger partial charge is 0.272 e. The fourth-order valence-corrected chi connectivity index (χ4v) is 4.27. The third-order valence-corrected chi connectivity index (χ3v) is 6.12. The number of aromatic nitrogens is 4. The Balaban J connectivity index is 1.46. The number of nitrogens with one attached hydrogen (secondary N) is 3. The lowest BCUT2D eigenvalue weighted by Gasteiger charge is -2.24. The van der Waals surface area contributed by atoms with Crippen molar-refractivity contribution in [3.05, 3.63) is 77.8 Å². The van der Waals surface area contributed by atoms with Crippen LogP contribution in [-0.2, 0) is 9.59 Å². The van der Waals surface area contributed by atoms with Gasteiger partial charge < -0.3 is 20.9 Å². The number of pyridine rings is 1. The highest BCUT2D eigenvalue weighted by Gasteiger charge is 2.29. The maximum absolute atomic E-state index is 13.1. The van der Waals surface area contributed by atoms with E-state index in [1.54, 1.807) is 66.6 Å². The molecule has 1 atom stereocenters. The number of likely N-dealkylation sites (N-methyl/N-ethyl adjacent to an activating group) is 1. The molecule has 1 saturated heterocycles. The number of carbonyl (C=O) groups excluding carboxylic acids is 3. The van der Waals surface area contributed by atoms with E-state index in [2.05, 4.69) is 31.0 Å². The van der Waals surface area contributed by atoms with E-state index in [-0.39, 0.29) is 11.4 Å². The summed E-state index contributed by atoms with van der Waals surface area (Å²) in [6.45, 7) is 0.643. The first kappa shape index (κ1) is 23.6. The average Bonchev–Trinajstić information content (AvgIpc) is 3.51. The first-order valence-corrected chi connectivity index (χ1v) is 11.5. The van der Waals surface area contributed by atoms with Crippen LogP contribution in [0.5, 0.6) is 0 Å². The van der Waals surface area contributed by atoms with Crippen molar-refractivity contribution >= 4 is 40.8 Å². The first-order valence-electron chi connectivity index (χ1n) is 11.5. The number of anilines is 3. The quantitative estimate of drug-likeness (QED) is 0.428. The number of fused-ring (bicyclic) bond motifs is 1. The van der Waals surface area contributed by atoms with Crippen LogP contribution in [0.25, 0.3) is 5.65 Å². The number of hydrogen-bond donors (Lipinski definition) is 3. The van der Waals surface area contributed by atoms with Crippen molar-refractivity contribution in [2.75, 3.05) is 36.2 Å². The van der Waals surface area contributed by atoms with Crippen LogP contribution in [-0.4, -0.2) is 69.0 Å². The second-order valence-electron chi connectivity index (χ2n) is 8.35. The summed E-state index contributed by atoms with van der Waals surface area (Å²) in [6.07, 6.45) is 8.85. The SMILES string of the molecule is CNc1cc(NC2=CC=CN(c3ccccn3)C2=C=O)nn2c(C(=O)N[C@H]3CCN(C)C3=C=O)cnc12. The lowest BCUT2D eigenvalue weighted by molar-refractivity contribution is 0.0936. The summed E-state index contributed by atoms with van der Waals surface area (Å²) in [5.74, 6) is 4.37. The van der Waals surface area contributed by atoms with Crippen molar-refractivity contribution < 1.29 is 14.4 Å². The molecule has 186 valence electrons. The summed E-state index contributed by atoms with van der Waals surface area (Å²) in [6, 6.07) is 6.66.